The Bertz CT molecular complexity index is 2920. The second-order valence-electron chi connectivity index (χ2n) is 19.8. The molecule has 5 aromatic rings. The largest absolute Gasteiger partial charge is 0.487 e. The minimum atomic E-state index is -0.799. The average Bonchev–Trinajstić information content (AvgIpc) is 4.19. The Kier molecular flexibility index (Phi) is 22.3. The Labute approximate surface area is 481 Å². The molecule has 5 amide bonds. The second kappa shape index (κ2) is 29.6. The Morgan fingerprint density at radius 1 is 0.900 bits per heavy atom. The summed E-state index contributed by atoms with van der Waals surface area (Å²) in [5.41, 5.74) is 2.52. The summed E-state index contributed by atoms with van der Waals surface area (Å²) < 4.78 is 44.1. The fraction of sp³-hybridized carbons (Fsp3) is 0.456. The van der Waals surface area contributed by atoms with Crippen LogP contribution in [0.1, 0.15) is 90.3 Å². The number of nitrogens with zero attached hydrogens (tertiary/aromatic N) is 5. The van der Waals surface area contributed by atoms with Crippen molar-refractivity contribution in [1.82, 2.24) is 35.4 Å². The van der Waals surface area contributed by atoms with Gasteiger partial charge in [0.1, 0.15) is 17.2 Å². The summed E-state index contributed by atoms with van der Waals surface area (Å²) in [7, 11) is 2.98. The fourth-order valence-electron chi connectivity index (χ4n) is 9.67. The maximum Gasteiger partial charge on any atom is 0.410 e. The maximum atomic E-state index is 14.7. The second-order valence-corrected chi connectivity index (χ2v) is 23.7. The molecular weight excluding hydrogens is 1110 g/mol. The van der Waals surface area contributed by atoms with Crippen molar-refractivity contribution in [3.05, 3.63) is 134 Å². The van der Waals surface area contributed by atoms with E-state index in [0.717, 1.165) is 21.4 Å². The molecule has 5 heterocycles. The standard InChI is InChI=1S/C57H65ClFN7O11S3/c1-37(38(2)79-80-50-14-3-4-21-60-50)76-56(72)65(35-42(67)32-39-8-5-11-44-45(39)36-66(54(44)70)47-15-16-49(68)64-53(47)69)24-26-74-28-30-75-29-27-73-25-22-62-55(71)57(34-41-10-6-9-40(63-41)33-51-61-23-31-78-51)19-17-43(18-20-57)77-48-13-7-12-46(58)52(48)59/h3-14,21,23,31,37-38,43,47H,15-20,22,24-30,32-36H2,1-2H3,(H,62,71)(H,64,68,69). The Hall–Kier alpha value is -6.01. The third-order valence-corrected chi connectivity index (χ3v) is 18.1. The first-order valence-electron chi connectivity index (χ1n) is 26.7. The number of rotatable bonds is 29. The zero-order valence-electron chi connectivity index (χ0n) is 44.6. The van der Waals surface area contributed by atoms with E-state index in [1.807, 2.05) is 48.7 Å². The van der Waals surface area contributed by atoms with Crippen molar-refractivity contribution in [2.45, 2.75) is 107 Å². The molecule has 0 bridgehead atoms. The Balaban J connectivity index is 0.777. The van der Waals surface area contributed by atoms with Gasteiger partial charge in [-0.2, -0.15) is 0 Å². The van der Waals surface area contributed by atoms with Gasteiger partial charge in [-0.1, -0.05) is 52.7 Å². The first kappa shape index (κ1) is 60.1. The molecule has 1 aliphatic carbocycles. The van der Waals surface area contributed by atoms with Crippen LogP contribution in [0.3, 0.4) is 0 Å². The number of ether oxygens (including phenoxy) is 5. The SMILES string of the molecule is CC(OC(=O)N(CCOCCOCCOCCNC(=O)C1(Cc2cccc(Cc3nccs3)n2)CCC(Oc2cccc(Cl)c2F)CC1)CC(=O)Cc1cccc2c1CN(C1CCC(=O)NC1=O)C2=O)C(C)SSc1ccccn1. The quantitative estimate of drug-likeness (QED) is 0.0262. The van der Waals surface area contributed by atoms with E-state index < -0.39 is 35.4 Å². The van der Waals surface area contributed by atoms with Gasteiger partial charge in [-0.05, 0) is 110 Å². The molecule has 80 heavy (non-hydrogen) atoms. The highest BCUT2D eigenvalue weighted by molar-refractivity contribution is 8.76. The average molecular weight is 1170 g/mol. The molecule has 2 N–H and O–H groups in total. The van der Waals surface area contributed by atoms with E-state index in [1.165, 1.54) is 37.5 Å². The number of fused-ring (bicyclic) bond motifs is 1. The van der Waals surface area contributed by atoms with Crippen LogP contribution in [-0.2, 0) is 63.9 Å². The van der Waals surface area contributed by atoms with Crippen molar-refractivity contribution >= 4 is 80.0 Å². The number of carbonyl (C=O) groups is 6. The van der Waals surface area contributed by atoms with Gasteiger partial charge in [0, 0.05) is 85.3 Å². The topological polar surface area (TPSA) is 218 Å². The zero-order chi connectivity index (χ0) is 56.4. The van der Waals surface area contributed by atoms with Crippen molar-refractivity contribution in [1.29, 1.82) is 0 Å². The predicted molar refractivity (Wildman–Crippen MR) is 301 cm³/mol. The molecule has 23 heteroatoms. The highest BCUT2D eigenvalue weighted by atomic mass is 35.5. The molecule has 426 valence electrons. The molecule has 2 aliphatic heterocycles. The highest BCUT2D eigenvalue weighted by Gasteiger charge is 2.43. The smallest absolute Gasteiger partial charge is 0.410 e. The normalized spacial score (nSPS) is 18.8. The lowest BCUT2D eigenvalue weighted by molar-refractivity contribution is -0.137. The van der Waals surface area contributed by atoms with Gasteiger partial charge in [-0.3, -0.25) is 39.2 Å². The molecule has 8 rings (SSSR count). The van der Waals surface area contributed by atoms with E-state index in [1.54, 1.807) is 61.0 Å². The van der Waals surface area contributed by atoms with Crippen molar-refractivity contribution in [3.63, 3.8) is 0 Å². The number of aromatic nitrogens is 3. The molecule has 2 aromatic carbocycles. The molecule has 3 aromatic heterocycles. The third kappa shape index (κ3) is 16.8. The van der Waals surface area contributed by atoms with Gasteiger partial charge in [0.25, 0.3) is 5.91 Å². The van der Waals surface area contributed by atoms with Gasteiger partial charge >= 0.3 is 6.09 Å². The van der Waals surface area contributed by atoms with Crippen LogP contribution in [0, 0.1) is 11.2 Å². The van der Waals surface area contributed by atoms with Crippen LogP contribution in [-0.4, -0.2) is 143 Å². The van der Waals surface area contributed by atoms with Crippen molar-refractivity contribution in [3.8, 4) is 5.75 Å². The number of hydrogen-bond acceptors (Lipinski definition) is 17. The number of hydrogen-bond donors (Lipinski definition) is 2. The third-order valence-electron chi connectivity index (χ3n) is 14.1. The van der Waals surface area contributed by atoms with Gasteiger partial charge in [0.05, 0.1) is 67.7 Å². The lowest BCUT2D eigenvalue weighted by atomic mass is 9.69. The first-order valence-corrected chi connectivity index (χ1v) is 30.1. The Morgan fingerprint density at radius 2 is 1.65 bits per heavy atom. The van der Waals surface area contributed by atoms with Crippen molar-refractivity contribution < 1.29 is 56.8 Å². The van der Waals surface area contributed by atoms with E-state index in [2.05, 4.69) is 20.6 Å². The number of benzene rings is 2. The number of imide groups is 1. The van der Waals surface area contributed by atoms with E-state index in [4.69, 9.17) is 40.3 Å². The molecule has 0 radical (unpaired) electrons. The molecule has 0 spiro atoms. The van der Waals surface area contributed by atoms with Crippen LogP contribution in [0.4, 0.5) is 9.18 Å². The maximum absolute atomic E-state index is 14.7. The summed E-state index contributed by atoms with van der Waals surface area (Å²) in [6.07, 6.45) is 5.31. The molecule has 3 aliphatic rings. The minimum absolute atomic E-state index is 0.0127. The molecule has 18 nitrogen and oxygen atoms in total. The minimum Gasteiger partial charge on any atom is -0.487 e. The summed E-state index contributed by atoms with van der Waals surface area (Å²) >= 11 is 7.58. The number of pyridine rings is 2. The van der Waals surface area contributed by atoms with E-state index in [0.29, 0.717) is 55.2 Å². The summed E-state index contributed by atoms with van der Waals surface area (Å²) in [6.45, 7) is 5.15. The van der Waals surface area contributed by atoms with Crippen LogP contribution in [0.2, 0.25) is 5.02 Å². The lowest BCUT2D eigenvalue weighted by Gasteiger charge is -2.39. The molecular formula is C57H65ClFN7O11S3. The molecule has 3 atom stereocenters. The van der Waals surface area contributed by atoms with Crippen molar-refractivity contribution in [2.24, 2.45) is 5.41 Å². The number of amides is 5. The number of ketones is 1. The molecule has 2 fully saturated rings. The highest BCUT2D eigenvalue weighted by Crippen LogP contribution is 2.42. The number of carbonyl (C=O) groups excluding carboxylic acids is 6. The van der Waals surface area contributed by atoms with Crippen LogP contribution in [0.5, 0.6) is 5.75 Å². The lowest BCUT2D eigenvalue weighted by Crippen LogP contribution is -2.52. The van der Waals surface area contributed by atoms with E-state index in [9.17, 15) is 33.2 Å². The zero-order valence-corrected chi connectivity index (χ0v) is 47.8. The number of nitrogens with one attached hydrogen (secondary N) is 2. The van der Waals surface area contributed by atoms with Gasteiger partial charge in [0.2, 0.25) is 17.7 Å². The Morgan fingerprint density at radius 3 is 2.40 bits per heavy atom. The van der Waals surface area contributed by atoms with Gasteiger partial charge < -0.3 is 33.9 Å². The van der Waals surface area contributed by atoms with Gasteiger partial charge in [0.15, 0.2) is 17.3 Å². The van der Waals surface area contributed by atoms with E-state index >= 15 is 0 Å². The van der Waals surface area contributed by atoms with E-state index in [-0.39, 0.29) is 131 Å². The summed E-state index contributed by atoms with van der Waals surface area (Å²) in [6, 6.07) is 20.5. The number of thiazole rings is 1. The monoisotopic (exact) mass is 1170 g/mol. The van der Waals surface area contributed by atoms with Crippen LogP contribution in [0.15, 0.2) is 95.6 Å². The fourth-order valence-corrected chi connectivity index (χ4v) is 12.7. The van der Waals surface area contributed by atoms with Crippen molar-refractivity contribution in [2.75, 3.05) is 59.3 Å². The van der Waals surface area contributed by atoms with Crippen LogP contribution >= 0.6 is 44.5 Å². The molecule has 1 saturated carbocycles. The summed E-state index contributed by atoms with van der Waals surface area (Å²) in [4.78, 5) is 96.0. The number of piperidine rings is 1. The summed E-state index contributed by atoms with van der Waals surface area (Å²) in [5, 5.41) is 8.96. The molecule has 3 unspecified atom stereocenters. The number of Topliss-reactive ketones (excluding diaryl/α,β-unsaturated/α-hetero) is 1. The molecule has 1 saturated heterocycles. The van der Waals surface area contributed by atoms with Gasteiger partial charge in [-0.25, -0.2) is 19.2 Å². The van der Waals surface area contributed by atoms with Crippen LogP contribution < -0.4 is 15.4 Å². The first-order chi connectivity index (χ1) is 38.7. The summed E-state index contributed by atoms with van der Waals surface area (Å²) in [5.74, 6) is -2.17. The number of halogens is 2. The van der Waals surface area contributed by atoms with Gasteiger partial charge in [-0.15, -0.1) is 11.3 Å². The van der Waals surface area contributed by atoms with Crippen LogP contribution in [0.25, 0.3) is 0 Å². The predicted octanol–water partition coefficient (Wildman–Crippen LogP) is 8.26.